The first-order valence-electron chi connectivity index (χ1n) is 6.55. The molecule has 1 aliphatic rings. The molecule has 0 aliphatic carbocycles. The summed E-state index contributed by atoms with van der Waals surface area (Å²) in [6, 6.07) is 7.82. The summed E-state index contributed by atoms with van der Waals surface area (Å²) in [6.07, 6.45) is 0.959. The molecule has 19 heavy (non-hydrogen) atoms. The Bertz CT molecular complexity index is 647. The fourth-order valence-electron chi connectivity index (χ4n) is 2.67. The Morgan fingerprint density at radius 2 is 1.89 bits per heavy atom. The third-order valence-corrected chi connectivity index (χ3v) is 3.72. The molecule has 4 heteroatoms. The number of likely N-dealkylation sites (tertiary alicyclic amines) is 1. The van der Waals surface area contributed by atoms with Crippen molar-refractivity contribution < 1.29 is 9.59 Å². The standard InChI is InChI=1S/C15H16N2O2/c1-10-14(12-4-2-3-5-13(12)16-10)15(19)17-8-6-11(18)7-9-17/h2-5,16H,6-9H2,1H3. The first-order chi connectivity index (χ1) is 9.16. The van der Waals surface area contributed by atoms with Gasteiger partial charge < -0.3 is 9.88 Å². The number of fused-ring (bicyclic) bond motifs is 1. The van der Waals surface area contributed by atoms with Gasteiger partial charge in [-0.25, -0.2) is 0 Å². The van der Waals surface area contributed by atoms with E-state index < -0.39 is 0 Å². The number of nitrogens with one attached hydrogen (secondary N) is 1. The van der Waals surface area contributed by atoms with Gasteiger partial charge in [-0.2, -0.15) is 0 Å². The molecule has 0 unspecified atom stereocenters. The van der Waals surface area contributed by atoms with Gasteiger partial charge in [0.1, 0.15) is 5.78 Å². The molecule has 0 spiro atoms. The monoisotopic (exact) mass is 256 g/mol. The molecule has 1 saturated heterocycles. The normalized spacial score (nSPS) is 16.1. The summed E-state index contributed by atoms with van der Waals surface area (Å²) in [5.41, 5.74) is 2.62. The smallest absolute Gasteiger partial charge is 0.256 e. The minimum atomic E-state index is 0.0300. The topological polar surface area (TPSA) is 53.2 Å². The maximum atomic E-state index is 12.6. The van der Waals surface area contributed by atoms with Crippen LogP contribution in [0.5, 0.6) is 0 Å². The molecular weight excluding hydrogens is 240 g/mol. The molecule has 1 aromatic heterocycles. The molecule has 2 aromatic rings. The van der Waals surface area contributed by atoms with Crippen molar-refractivity contribution >= 4 is 22.6 Å². The van der Waals surface area contributed by atoms with Gasteiger partial charge in [-0.15, -0.1) is 0 Å². The van der Waals surface area contributed by atoms with E-state index in [0.717, 1.165) is 22.2 Å². The number of rotatable bonds is 1. The number of hydrogen-bond acceptors (Lipinski definition) is 2. The number of amides is 1. The van der Waals surface area contributed by atoms with Crippen molar-refractivity contribution in [2.45, 2.75) is 19.8 Å². The van der Waals surface area contributed by atoms with E-state index in [4.69, 9.17) is 0 Å². The van der Waals surface area contributed by atoms with E-state index in [-0.39, 0.29) is 11.7 Å². The van der Waals surface area contributed by atoms with Crippen LogP contribution in [0, 0.1) is 6.92 Å². The number of aromatic nitrogens is 1. The predicted molar refractivity (Wildman–Crippen MR) is 73.2 cm³/mol. The Kier molecular flexibility index (Phi) is 2.85. The van der Waals surface area contributed by atoms with Crippen LogP contribution in [0.25, 0.3) is 10.9 Å². The fourth-order valence-corrected chi connectivity index (χ4v) is 2.67. The van der Waals surface area contributed by atoms with Gasteiger partial charge in [0, 0.05) is 42.5 Å². The average Bonchev–Trinajstić information content (AvgIpc) is 2.74. The molecular formula is C15H16N2O2. The van der Waals surface area contributed by atoms with Crippen molar-refractivity contribution in [2.24, 2.45) is 0 Å². The van der Waals surface area contributed by atoms with Crippen LogP contribution in [0.2, 0.25) is 0 Å². The van der Waals surface area contributed by atoms with Gasteiger partial charge in [0.15, 0.2) is 0 Å². The third-order valence-electron chi connectivity index (χ3n) is 3.72. The number of hydrogen-bond donors (Lipinski definition) is 1. The number of Topliss-reactive ketones (excluding diaryl/α,β-unsaturated/α-hetero) is 1. The third kappa shape index (κ3) is 2.03. The van der Waals surface area contributed by atoms with E-state index in [2.05, 4.69) is 4.98 Å². The van der Waals surface area contributed by atoms with Crippen LogP contribution in [0.15, 0.2) is 24.3 Å². The zero-order valence-electron chi connectivity index (χ0n) is 10.9. The Morgan fingerprint density at radius 3 is 2.63 bits per heavy atom. The Hall–Kier alpha value is -2.10. The number of para-hydroxylation sites is 1. The Morgan fingerprint density at radius 1 is 1.21 bits per heavy atom. The van der Waals surface area contributed by atoms with Crippen LogP contribution in [-0.2, 0) is 4.79 Å². The lowest BCUT2D eigenvalue weighted by Crippen LogP contribution is -2.38. The SMILES string of the molecule is Cc1[nH]c2ccccc2c1C(=O)N1CCC(=O)CC1. The number of aryl methyl sites for hydroxylation is 1. The second kappa shape index (κ2) is 4.53. The number of nitrogens with zero attached hydrogens (tertiary/aromatic N) is 1. The molecule has 3 rings (SSSR count). The highest BCUT2D eigenvalue weighted by atomic mass is 16.2. The summed E-state index contributed by atoms with van der Waals surface area (Å²) < 4.78 is 0. The van der Waals surface area contributed by atoms with Crippen molar-refractivity contribution in [3.63, 3.8) is 0 Å². The zero-order valence-corrected chi connectivity index (χ0v) is 10.9. The summed E-state index contributed by atoms with van der Waals surface area (Å²) in [5, 5.41) is 0.960. The van der Waals surface area contributed by atoms with E-state index in [1.807, 2.05) is 31.2 Å². The first-order valence-corrected chi connectivity index (χ1v) is 6.55. The van der Waals surface area contributed by atoms with Gasteiger partial charge in [0.05, 0.1) is 5.56 Å². The lowest BCUT2D eigenvalue weighted by atomic mass is 10.1. The van der Waals surface area contributed by atoms with E-state index >= 15 is 0 Å². The van der Waals surface area contributed by atoms with Gasteiger partial charge in [0.25, 0.3) is 5.91 Å². The fraction of sp³-hybridized carbons (Fsp3) is 0.333. The number of carbonyl (C=O) groups excluding carboxylic acids is 2. The number of benzene rings is 1. The van der Waals surface area contributed by atoms with Crippen LogP contribution in [-0.4, -0.2) is 34.7 Å². The van der Waals surface area contributed by atoms with Crippen molar-refractivity contribution in [1.29, 1.82) is 0 Å². The number of carbonyl (C=O) groups is 2. The second-order valence-corrected chi connectivity index (χ2v) is 5.00. The largest absolute Gasteiger partial charge is 0.358 e. The Balaban J connectivity index is 1.97. The summed E-state index contributed by atoms with van der Waals surface area (Å²) in [6.45, 7) is 3.00. The second-order valence-electron chi connectivity index (χ2n) is 5.00. The van der Waals surface area contributed by atoms with E-state index in [0.29, 0.717) is 25.9 Å². The molecule has 4 nitrogen and oxygen atoms in total. The molecule has 1 amide bonds. The van der Waals surface area contributed by atoms with Crippen molar-refractivity contribution in [3.05, 3.63) is 35.5 Å². The number of H-pyrrole nitrogens is 1. The van der Waals surface area contributed by atoms with E-state index in [9.17, 15) is 9.59 Å². The van der Waals surface area contributed by atoms with Crippen molar-refractivity contribution in [3.8, 4) is 0 Å². The predicted octanol–water partition coefficient (Wildman–Crippen LogP) is 2.28. The van der Waals surface area contributed by atoms with Crippen LogP contribution < -0.4 is 0 Å². The van der Waals surface area contributed by atoms with Gasteiger partial charge in [-0.05, 0) is 13.0 Å². The molecule has 1 fully saturated rings. The quantitative estimate of drug-likeness (QED) is 0.851. The average molecular weight is 256 g/mol. The number of piperidine rings is 1. The molecule has 2 heterocycles. The zero-order chi connectivity index (χ0) is 13.4. The van der Waals surface area contributed by atoms with Gasteiger partial charge >= 0.3 is 0 Å². The van der Waals surface area contributed by atoms with Gasteiger partial charge in [-0.1, -0.05) is 18.2 Å². The molecule has 1 N–H and O–H groups in total. The molecule has 0 atom stereocenters. The van der Waals surface area contributed by atoms with Crippen molar-refractivity contribution in [1.82, 2.24) is 9.88 Å². The van der Waals surface area contributed by atoms with Crippen LogP contribution >= 0.6 is 0 Å². The maximum Gasteiger partial charge on any atom is 0.256 e. The molecule has 1 aliphatic heterocycles. The molecule has 98 valence electrons. The summed E-state index contributed by atoms with van der Waals surface area (Å²) in [5.74, 6) is 0.280. The summed E-state index contributed by atoms with van der Waals surface area (Å²) in [7, 11) is 0. The molecule has 0 radical (unpaired) electrons. The Labute approximate surface area is 111 Å². The highest BCUT2D eigenvalue weighted by molar-refractivity contribution is 6.08. The highest BCUT2D eigenvalue weighted by Gasteiger charge is 2.25. The van der Waals surface area contributed by atoms with Crippen molar-refractivity contribution in [2.75, 3.05) is 13.1 Å². The van der Waals surface area contributed by atoms with Gasteiger partial charge in [-0.3, -0.25) is 9.59 Å². The number of ketones is 1. The summed E-state index contributed by atoms with van der Waals surface area (Å²) >= 11 is 0. The lowest BCUT2D eigenvalue weighted by molar-refractivity contribution is -0.120. The molecule has 1 aromatic carbocycles. The van der Waals surface area contributed by atoms with Crippen LogP contribution in [0.1, 0.15) is 28.9 Å². The number of aromatic amines is 1. The summed E-state index contributed by atoms with van der Waals surface area (Å²) in [4.78, 5) is 28.9. The van der Waals surface area contributed by atoms with Gasteiger partial charge in [0.2, 0.25) is 0 Å². The minimum absolute atomic E-state index is 0.0300. The highest BCUT2D eigenvalue weighted by Crippen LogP contribution is 2.24. The van der Waals surface area contributed by atoms with E-state index in [1.54, 1.807) is 4.90 Å². The van der Waals surface area contributed by atoms with Crippen LogP contribution in [0.3, 0.4) is 0 Å². The maximum absolute atomic E-state index is 12.6. The minimum Gasteiger partial charge on any atom is -0.358 e. The van der Waals surface area contributed by atoms with E-state index in [1.165, 1.54) is 0 Å². The van der Waals surface area contributed by atoms with Crippen LogP contribution in [0.4, 0.5) is 0 Å². The first kappa shape index (κ1) is 12.0. The molecule has 0 saturated carbocycles. The molecule has 0 bridgehead atoms. The lowest BCUT2D eigenvalue weighted by Gasteiger charge is -2.26.